The highest BCUT2D eigenvalue weighted by molar-refractivity contribution is 5.91. The Kier molecular flexibility index (Phi) is 5.49. The summed E-state index contributed by atoms with van der Waals surface area (Å²) < 4.78 is 15.5. The van der Waals surface area contributed by atoms with Gasteiger partial charge < -0.3 is 19.2 Å². The third-order valence-electron chi connectivity index (χ3n) is 4.02. The standard InChI is InChI=1S/C18H23NO5/c1-5-8-18(2,17(21)23-4)19-16(20)9-12-11-24-15-10-13(22-3)6-7-14(12)15/h6-7,10-11H,5,8-9H2,1-4H3,(H,19,20). The number of hydrogen-bond acceptors (Lipinski definition) is 5. The third kappa shape index (κ3) is 3.69. The highest BCUT2D eigenvalue weighted by atomic mass is 16.5. The molecule has 130 valence electrons. The van der Waals surface area contributed by atoms with E-state index in [0.717, 1.165) is 17.4 Å². The van der Waals surface area contributed by atoms with Crippen molar-refractivity contribution in [2.24, 2.45) is 0 Å². The van der Waals surface area contributed by atoms with E-state index in [2.05, 4.69) is 5.32 Å². The van der Waals surface area contributed by atoms with Crippen molar-refractivity contribution in [3.8, 4) is 5.75 Å². The number of furan rings is 1. The van der Waals surface area contributed by atoms with Crippen molar-refractivity contribution in [3.05, 3.63) is 30.0 Å². The Hall–Kier alpha value is -2.50. The van der Waals surface area contributed by atoms with Crippen LogP contribution in [0.1, 0.15) is 32.3 Å². The van der Waals surface area contributed by atoms with E-state index >= 15 is 0 Å². The van der Waals surface area contributed by atoms with Crippen LogP contribution >= 0.6 is 0 Å². The van der Waals surface area contributed by atoms with Crippen LogP contribution in [0.2, 0.25) is 0 Å². The lowest BCUT2D eigenvalue weighted by atomic mass is 9.95. The van der Waals surface area contributed by atoms with Gasteiger partial charge in [-0.25, -0.2) is 4.79 Å². The minimum absolute atomic E-state index is 0.121. The number of rotatable bonds is 7. The molecule has 0 aliphatic carbocycles. The second kappa shape index (κ2) is 7.38. The van der Waals surface area contributed by atoms with Gasteiger partial charge in [-0.3, -0.25) is 4.79 Å². The topological polar surface area (TPSA) is 77.8 Å². The SMILES string of the molecule is CCCC(C)(NC(=O)Cc1coc2cc(OC)ccc12)C(=O)OC. The fourth-order valence-corrected chi connectivity index (χ4v) is 2.79. The number of esters is 1. The molecule has 1 unspecified atom stereocenters. The summed E-state index contributed by atoms with van der Waals surface area (Å²) in [7, 11) is 2.90. The number of hydrogen-bond donors (Lipinski definition) is 1. The molecular formula is C18H23NO5. The molecule has 1 amide bonds. The van der Waals surface area contributed by atoms with Crippen LogP contribution in [-0.2, 0) is 20.7 Å². The summed E-state index contributed by atoms with van der Waals surface area (Å²) in [4.78, 5) is 24.4. The van der Waals surface area contributed by atoms with E-state index in [1.54, 1.807) is 26.4 Å². The van der Waals surface area contributed by atoms with Gasteiger partial charge in [0.1, 0.15) is 16.9 Å². The Morgan fingerprint density at radius 3 is 2.67 bits per heavy atom. The molecular weight excluding hydrogens is 310 g/mol. The van der Waals surface area contributed by atoms with Gasteiger partial charge >= 0.3 is 5.97 Å². The van der Waals surface area contributed by atoms with Crippen molar-refractivity contribution in [2.45, 2.75) is 38.6 Å². The van der Waals surface area contributed by atoms with Crippen LogP contribution in [0.3, 0.4) is 0 Å². The van der Waals surface area contributed by atoms with E-state index in [0.29, 0.717) is 17.8 Å². The first-order chi connectivity index (χ1) is 11.4. The molecule has 0 bridgehead atoms. The van der Waals surface area contributed by atoms with Crippen molar-refractivity contribution < 1.29 is 23.5 Å². The van der Waals surface area contributed by atoms with Crippen molar-refractivity contribution in [3.63, 3.8) is 0 Å². The molecule has 1 aromatic heterocycles. The number of carbonyl (C=O) groups excluding carboxylic acids is 2. The highest BCUT2D eigenvalue weighted by Gasteiger charge is 2.35. The second-order valence-corrected chi connectivity index (χ2v) is 5.92. The molecule has 6 heteroatoms. The lowest BCUT2D eigenvalue weighted by Gasteiger charge is -2.27. The van der Waals surface area contributed by atoms with Gasteiger partial charge in [0.2, 0.25) is 5.91 Å². The van der Waals surface area contributed by atoms with Crippen LogP contribution in [0.5, 0.6) is 5.75 Å². The molecule has 0 aliphatic heterocycles. The molecule has 6 nitrogen and oxygen atoms in total. The first kappa shape index (κ1) is 17.8. The first-order valence-corrected chi connectivity index (χ1v) is 7.87. The minimum atomic E-state index is -1.02. The van der Waals surface area contributed by atoms with Crippen LogP contribution in [0.15, 0.2) is 28.9 Å². The smallest absolute Gasteiger partial charge is 0.331 e. The van der Waals surface area contributed by atoms with E-state index in [-0.39, 0.29) is 12.3 Å². The molecule has 0 radical (unpaired) electrons. The zero-order chi connectivity index (χ0) is 17.7. The molecule has 0 saturated carbocycles. The molecule has 0 aliphatic rings. The number of amides is 1. The van der Waals surface area contributed by atoms with Crippen LogP contribution in [0.4, 0.5) is 0 Å². The number of nitrogens with one attached hydrogen (secondary N) is 1. The molecule has 24 heavy (non-hydrogen) atoms. The molecule has 0 fully saturated rings. The molecule has 2 rings (SSSR count). The summed E-state index contributed by atoms with van der Waals surface area (Å²) in [5, 5.41) is 3.64. The van der Waals surface area contributed by atoms with Crippen molar-refractivity contribution in [2.75, 3.05) is 14.2 Å². The van der Waals surface area contributed by atoms with Crippen molar-refractivity contribution in [1.82, 2.24) is 5.32 Å². The maximum atomic E-state index is 12.4. The van der Waals surface area contributed by atoms with E-state index in [4.69, 9.17) is 13.9 Å². The van der Waals surface area contributed by atoms with Crippen LogP contribution < -0.4 is 10.1 Å². The molecule has 1 atom stereocenters. The zero-order valence-electron chi connectivity index (χ0n) is 14.5. The van der Waals surface area contributed by atoms with Gasteiger partial charge in [0.15, 0.2) is 0 Å². The number of benzene rings is 1. The Morgan fingerprint density at radius 2 is 2.04 bits per heavy atom. The molecule has 1 heterocycles. The summed E-state index contributed by atoms with van der Waals surface area (Å²) in [5.74, 6) is -0.0107. The quantitative estimate of drug-likeness (QED) is 0.788. The fraction of sp³-hybridized carbons (Fsp3) is 0.444. The average Bonchev–Trinajstić information content (AvgIpc) is 2.95. The maximum absolute atomic E-state index is 12.4. The molecule has 1 N–H and O–H groups in total. The van der Waals surface area contributed by atoms with E-state index in [1.807, 2.05) is 19.1 Å². The Morgan fingerprint density at radius 1 is 1.29 bits per heavy atom. The van der Waals surface area contributed by atoms with Crippen LogP contribution in [-0.4, -0.2) is 31.6 Å². The summed E-state index contributed by atoms with van der Waals surface area (Å²) in [5.41, 5.74) is 0.388. The number of ether oxygens (including phenoxy) is 2. The number of carbonyl (C=O) groups is 2. The Bertz CT molecular complexity index is 736. The van der Waals surface area contributed by atoms with Crippen molar-refractivity contribution >= 4 is 22.8 Å². The van der Waals surface area contributed by atoms with Gasteiger partial charge in [-0.1, -0.05) is 13.3 Å². The van der Waals surface area contributed by atoms with Gasteiger partial charge in [0, 0.05) is 17.0 Å². The molecule has 0 saturated heterocycles. The van der Waals surface area contributed by atoms with Crippen LogP contribution in [0.25, 0.3) is 11.0 Å². The Balaban J connectivity index is 2.15. The summed E-state index contributed by atoms with van der Waals surface area (Å²) in [6.45, 7) is 3.63. The third-order valence-corrected chi connectivity index (χ3v) is 4.02. The summed E-state index contributed by atoms with van der Waals surface area (Å²) in [6.07, 6.45) is 2.93. The molecule has 2 aromatic rings. The predicted molar refractivity (Wildman–Crippen MR) is 89.9 cm³/mol. The van der Waals surface area contributed by atoms with E-state index in [1.165, 1.54) is 7.11 Å². The van der Waals surface area contributed by atoms with Crippen LogP contribution in [0, 0.1) is 0 Å². The lowest BCUT2D eigenvalue weighted by molar-refractivity contribution is -0.150. The minimum Gasteiger partial charge on any atom is -0.497 e. The van der Waals surface area contributed by atoms with Gasteiger partial charge in [-0.05, 0) is 25.5 Å². The largest absolute Gasteiger partial charge is 0.497 e. The van der Waals surface area contributed by atoms with Crippen molar-refractivity contribution in [1.29, 1.82) is 0 Å². The maximum Gasteiger partial charge on any atom is 0.331 e. The summed E-state index contributed by atoms with van der Waals surface area (Å²) >= 11 is 0. The fourth-order valence-electron chi connectivity index (χ4n) is 2.79. The average molecular weight is 333 g/mol. The molecule has 1 aromatic carbocycles. The van der Waals surface area contributed by atoms with Gasteiger partial charge in [-0.2, -0.15) is 0 Å². The monoisotopic (exact) mass is 333 g/mol. The van der Waals surface area contributed by atoms with E-state index in [9.17, 15) is 9.59 Å². The normalized spacial score (nSPS) is 13.3. The number of methoxy groups -OCH3 is 2. The summed E-state index contributed by atoms with van der Waals surface area (Å²) in [6, 6.07) is 5.44. The molecule has 0 spiro atoms. The van der Waals surface area contributed by atoms with Gasteiger partial charge in [0.05, 0.1) is 26.9 Å². The van der Waals surface area contributed by atoms with Gasteiger partial charge in [-0.15, -0.1) is 0 Å². The Labute approximate surface area is 141 Å². The zero-order valence-corrected chi connectivity index (χ0v) is 14.5. The highest BCUT2D eigenvalue weighted by Crippen LogP contribution is 2.26. The number of fused-ring (bicyclic) bond motifs is 1. The second-order valence-electron chi connectivity index (χ2n) is 5.92. The first-order valence-electron chi connectivity index (χ1n) is 7.87. The predicted octanol–water partition coefficient (Wildman–Crippen LogP) is 2.83. The van der Waals surface area contributed by atoms with Gasteiger partial charge in [0.25, 0.3) is 0 Å². The lowest BCUT2D eigenvalue weighted by Crippen LogP contribution is -2.53. The van der Waals surface area contributed by atoms with E-state index < -0.39 is 11.5 Å².